The Hall–Kier alpha value is -0.860. The number of aryl methyl sites for hydroxylation is 2. The van der Waals surface area contributed by atoms with Crippen LogP contribution in [0.3, 0.4) is 0 Å². The van der Waals surface area contributed by atoms with Crippen molar-refractivity contribution in [3.63, 3.8) is 0 Å². The zero-order valence-corrected chi connectivity index (χ0v) is 9.54. The molecule has 2 nitrogen and oxygen atoms in total. The van der Waals surface area contributed by atoms with Crippen molar-refractivity contribution in [2.45, 2.75) is 19.9 Å². The molecule has 0 fully saturated rings. The molecule has 2 N–H and O–H groups in total. The largest absolute Gasteiger partial charge is 0.329 e. The Morgan fingerprint density at radius 2 is 1.71 bits per heavy atom. The van der Waals surface area contributed by atoms with Crippen molar-refractivity contribution in [1.82, 2.24) is 4.90 Å². The van der Waals surface area contributed by atoms with Crippen LogP contribution in [0.25, 0.3) is 0 Å². The van der Waals surface area contributed by atoms with Gasteiger partial charge >= 0.3 is 0 Å². The van der Waals surface area contributed by atoms with Crippen LogP contribution in [-0.4, -0.2) is 25.5 Å². The molecule has 0 aliphatic heterocycles. The average Bonchev–Trinajstić information content (AvgIpc) is 2.10. The van der Waals surface area contributed by atoms with Crippen molar-refractivity contribution in [1.29, 1.82) is 0 Å². The molecule has 1 aromatic rings. The highest BCUT2D eigenvalue weighted by Gasteiger charge is 2.15. The molecule has 0 bridgehead atoms. The van der Waals surface area contributed by atoms with Crippen LogP contribution < -0.4 is 5.73 Å². The Kier molecular flexibility index (Phi) is 3.67. The van der Waals surface area contributed by atoms with Gasteiger partial charge in [0.1, 0.15) is 0 Å². The van der Waals surface area contributed by atoms with Gasteiger partial charge in [-0.05, 0) is 44.6 Å². The molecule has 1 rings (SSSR count). The molecule has 1 atom stereocenters. The van der Waals surface area contributed by atoms with Crippen molar-refractivity contribution in [3.8, 4) is 0 Å². The number of likely N-dealkylation sites (N-methyl/N-ethyl adjacent to an activating group) is 1. The van der Waals surface area contributed by atoms with Crippen LogP contribution >= 0.6 is 0 Å². The third-order valence-electron chi connectivity index (χ3n) is 2.72. The summed E-state index contributed by atoms with van der Waals surface area (Å²) in [6.07, 6.45) is 0. The topological polar surface area (TPSA) is 29.3 Å². The van der Waals surface area contributed by atoms with Gasteiger partial charge in [-0.1, -0.05) is 18.2 Å². The summed E-state index contributed by atoms with van der Waals surface area (Å²) >= 11 is 0. The number of nitrogens with zero attached hydrogens (tertiary/aromatic N) is 1. The Morgan fingerprint density at radius 3 is 2.07 bits per heavy atom. The quantitative estimate of drug-likeness (QED) is 0.792. The molecule has 2 heteroatoms. The SMILES string of the molecule is Cc1cccc(C)c1C(CN)N(C)C. The standard InChI is InChI=1S/C12H20N2/c1-9-6-5-7-10(2)12(9)11(8-13)14(3)4/h5-7,11H,8,13H2,1-4H3. The van der Waals surface area contributed by atoms with Crippen LogP contribution in [0.5, 0.6) is 0 Å². The van der Waals surface area contributed by atoms with Gasteiger partial charge in [0.05, 0.1) is 0 Å². The summed E-state index contributed by atoms with van der Waals surface area (Å²) in [7, 11) is 4.15. The summed E-state index contributed by atoms with van der Waals surface area (Å²) in [5.41, 5.74) is 9.83. The van der Waals surface area contributed by atoms with E-state index in [0.29, 0.717) is 12.6 Å². The van der Waals surface area contributed by atoms with Crippen LogP contribution in [0, 0.1) is 13.8 Å². The van der Waals surface area contributed by atoms with E-state index in [1.54, 1.807) is 0 Å². The zero-order valence-electron chi connectivity index (χ0n) is 9.54. The van der Waals surface area contributed by atoms with Crippen molar-refractivity contribution in [2.75, 3.05) is 20.6 Å². The molecule has 0 aliphatic rings. The van der Waals surface area contributed by atoms with Crippen molar-refractivity contribution in [3.05, 3.63) is 34.9 Å². The van der Waals surface area contributed by atoms with Gasteiger partial charge in [-0.2, -0.15) is 0 Å². The van der Waals surface area contributed by atoms with Gasteiger partial charge in [-0.15, -0.1) is 0 Å². The summed E-state index contributed by atoms with van der Waals surface area (Å²) in [6, 6.07) is 6.72. The zero-order chi connectivity index (χ0) is 10.7. The molecule has 0 aromatic heterocycles. The van der Waals surface area contributed by atoms with E-state index in [1.807, 2.05) is 0 Å². The van der Waals surface area contributed by atoms with Crippen LogP contribution in [0.15, 0.2) is 18.2 Å². The fourth-order valence-corrected chi connectivity index (χ4v) is 1.94. The third kappa shape index (κ3) is 2.14. The van der Waals surface area contributed by atoms with Crippen molar-refractivity contribution < 1.29 is 0 Å². The average molecular weight is 192 g/mol. The van der Waals surface area contributed by atoms with Gasteiger partial charge in [0.2, 0.25) is 0 Å². The minimum absolute atomic E-state index is 0.330. The first kappa shape index (κ1) is 11.2. The number of rotatable bonds is 3. The monoisotopic (exact) mass is 192 g/mol. The first-order valence-electron chi connectivity index (χ1n) is 5.00. The predicted molar refractivity (Wildman–Crippen MR) is 61.4 cm³/mol. The van der Waals surface area contributed by atoms with E-state index < -0.39 is 0 Å². The Bertz CT molecular complexity index is 285. The maximum Gasteiger partial charge on any atom is 0.0469 e. The van der Waals surface area contributed by atoms with Crippen LogP contribution in [0.2, 0.25) is 0 Å². The molecule has 0 heterocycles. The summed E-state index contributed by atoms with van der Waals surface area (Å²) in [5.74, 6) is 0. The van der Waals surface area contributed by atoms with Gasteiger partial charge in [-0.3, -0.25) is 0 Å². The van der Waals surface area contributed by atoms with Crippen molar-refractivity contribution >= 4 is 0 Å². The maximum absolute atomic E-state index is 5.80. The predicted octanol–water partition coefficient (Wildman–Crippen LogP) is 1.86. The molecule has 0 radical (unpaired) electrons. The Morgan fingerprint density at radius 1 is 1.21 bits per heavy atom. The highest BCUT2D eigenvalue weighted by Crippen LogP contribution is 2.24. The van der Waals surface area contributed by atoms with E-state index in [4.69, 9.17) is 5.73 Å². The van der Waals surface area contributed by atoms with E-state index in [2.05, 4.69) is 51.0 Å². The van der Waals surface area contributed by atoms with Crippen LogP contribution in [0.1, 0.15) is 22.7 Å². The molecule has 1 unspecified atom stereocenters. The van der Waals surface area contributed by atoms with Gasteiger partial charge in [0.25, 0.3) is 0 Å². The summed E-state index contributed by atoms with van der Waals surface area (Å²) in [6.45, 7) is 4.96. The molecule has 0 amide bonds. The van der Waals surface area contributed by atoms with E-state index in [-0.39, 0.29) is 0 Å². The minimum Gasteiger partial charge on any atom is -0.329 e. The minimum atomic E-state index is 0.330. The number of hydrogen-bond donors (Lipinski definition) is 1. The molecule has 0 saturated heterocycles. The number of nitrogens with two attached hydrogens (primary N) is 1. The first-order valence-corrected chi connectivity index (χ1v) is 5.00. The second kappa shape index (κ2) is 4.58. The number of benzene rings is 1. The highest BCUT2D eigenvalue weighted by molar-refractivity contribution is 5.36. The summed E-state index contributed by atoms with van der Waals surface area (Å²) in [4.78, 5) is 2.18. The number of hydrogen-bond acceptors (Lipinski definition) is 2. The third-order valence-corrected chi connectivity index (χ3v) is 2.72. The van der Waals surface area contributed by atoms with Gasteiger partial charge in [0, 0.05) is 12.6 Å². The second-order valence-electron chi connectivity index (χ2n) is 4.02. The molecule has 0 aliphatic carbocycles. The summed E-state index contributed by atoms with van der Waals surface area (Å²) < 4.78 is 0. The molecular formula is C12H20N2. The molecule has 78 valence electrons. The van der Waals surface area contributed by atoms with E-state index in [0.717, 1.165) is 0 Å². The maximum atomic E-state index is 5.80. The normalized spacial score (nSPS) is 13.3. The van der Waals surface area contributed by atoms with E-state index in [1.165, 1.54) is 16.7 Å². The Balaban J connectivity index is 3.15. The fourth-order valence-electron chi connectivity index (χ4n) is 1.94. The molecule has 1 aromatic carbocycles. The Labute approximate surface area is 86.7 Å². The lowest BCUT2D eigenvalue weighted by atomic mass is 9.95. The molecule has 14 heavy (non-hydrogen) atoms. The first-order chi connectivity index (χ1) is 6.57. The second-order valence-corrected chi connectivity index (χ2v) is 4.02. The molecular weight excluding hydrogens is 172 g/mol. The van der Waals surface area contributed by atoms with E-state index >= 15 is 0 Å². The van der Waals surface area contributed by atoms with Crippen molar-refractivity contribution in [2.24, 2.45) is 5.73 Å². The van der Waals surface area contributed by atoms with Gasteiger partial charge in [0.15, 0.2) is 0 Å². The lowest BCUT2D eigenvalue weighted by molar-refractivity contribution is 0.304. The van der Waals surface area contributed by atoms with E-state index in [9.17, 15) is 0 Å². The van der Waals surface area contributed by atoms with Crippen LogP contribution in [0.4, 0.5) is 0 Å². The lowest BCUT2D eigenvalue weighted by Gasteiger charge is -2.26. The fraction of sp³-hybridized carbons (Fsp3) is 0.500. The molecule has 0 spiro atoms. The smallest absolute Gasteiger partial charge is 0.0469 e. The molecule has 0 saturated carbocycles. The lowest BCUT2D eigenvalue weighted by Crippen LogP contribution is -2.28. The van der Waals surface area contributed by atoms with Crippen LogP contribution in [-0.2, 0) is 0 Å². The van der Waals surface area contributed by atoms with Gasteiger partial charge in [-0.25, -0.2) is 0 Å². The van der Waals surface area contributed by atoms with Gasteiger partial charge < -0.3 is 10.6 Å². The summed E-state index contributed by atoms with van der Waals surface area (Å²) in [5, 5.41) is 0. The highest BCUT2D eigenvalue weighted by atomic mass is 15.1.